The minimum Gasteiger partial charge on any atom is -0.407 e. The lowest BCUT2D eigenvalue weighted by atomic mass is 10.3. The number of aromatic nitrogens is 2. The van der Waals surface area contributed by atoms with E-state index in [9.17, 15) is 0 Å². The minimum atomic E-state index is 0.0993. The molecule has 1 atom stereocenters. The smallest absolute Gasteiger partial charge is 0.316 e. The Morgan fingerprint density at radius 3 is 3.00 bits per heavy atom. The van der Waals surface area contributed by atoms with Gasteiger partial charge in [0.2, 0.25) is 5.89 Å². The van der Waals surface area contributed by atoms with E-state index in [1.54, 1.807) is 11.3 Å². The number of nitrogens with one attached hydrogen (secondary N) is 2. The molecule has 0 saturated heterocycles. The van der Waals surface area contributed by atoms with Gasteiger partial charge < -0.3 is 15.1 Å². The molecule has 5 nitrogen and oxygen atoms in total. The van der Waals surface area contributed by atoms with E-state index in [2.05, 4.69) is 20.8 Å². The van der Waals surface area contributed by atoms with E-state index < -0.39 is 0 Å². The van der Waals surface area contributed by atoms with Crippen molar-refractivity contribution in [2.24, 2.45) is 0 Å². The summed E-state index contributed by atoms with van der Waals surface area (Å²) in [6.45, 7) is 2.67. The van der Waals surface area contributed by atoms with Crippen molar-refractivity contribution in [3.63, 3.8) is 0 Å². The molecule has 102 valence electrons. The Balaban J connectivity index is 1.56. The Labute approximate surface area is 120 Å². The van der Waals surface area contributed by atoms with E-state index in [-0.39, 0.29) is 6.04 Å². The van der Waals surface area contributed by atoms with E-state index in [1.807, 2.05) is 19.1 Å². The third-order valence-corrected chi connectivity index (χ3v) is 4.36. The minimum absolute atomic E-state index is 0.0993. The van der Waals surface area contributed by atoms with Gasteiger partial charge in [-0.15, -0.1) is 16.4 Å². The van der Waals surface area contributed by atoms with Gasteiger partial charge in [0.05, 0.1) is 16.9 Å². The van der Waals surface area contributed by atoms with Crippen LogP contribution in [0, 0.1) is 0 Å². The van der Waals surface area contributed by atoms with Gasteiger partial charge in [-0.25, -0.2) is 0 Å². The van der Waals surface area contributed by atoms with Crippen LogP contribution in [0.5, 0.6) is 0 Å². The van der Waals surface area contributed by atoms with Crippen molar-refractivity contribution >= 4 is 29.0 Å². The zero-order valence-electron chi connectivity index (χ0n) is 10.5. The lowest BCUT2D eigenvalue weighted by Crippen LogP contribution is -2.15. The number of nitrogens with zero attached hydrogens (tertiary/aromatic N) is 2. The lowest BCUT2D eigenvalue weighted by Gasteiger charge is -2.08. The highest BCUT2D eigenvalue weighted by molar-refractivity contribution is 7.16. The molecular formula is C12H15ClN4OS. The summed E-state index contributed by atoms with van der Waals surface area (Å²) in [4.78, 5) is 1.14. The van der Waals surface area contributed by atoms with Gasteiger partial charge in [0.1, 0.15) is 0 Å². The van der Waals surface area contributed by atoms with Crippen molar-refractivity contribution in [3.05, 3.63) is 27.2 Å². The number of rotatable bonds is 6. The van der Waals surface area contributed by atoms with Crippen LogP contribution in [-0.2, 0) is 6.54 Å². The highest BCUT2D eigenvalue weighted by atomic mass is 35.5. The maximum atomic E-state index is 5.92. The van der Waals surface area contributed by atoms with Crippen molar-refractivity contribution in [2.45, 2.75) is 38.4 Å². The molecule has 1 saturated carbocycles. The van der Waals surface area contributed by atoms with Gasteiger partial charge in [0.25, 0.3) is 0 Å². The van der Waals surface area contributed by atoms with Crippen molar-refractivity contribution in [1.82, 2.24) is 15.5 Å². The van der Waals surface area contributed by atoms with Crippen LogP contribution in [0.4, 0.5) is 6.01 Å². The number of halogens is 1. The Bertz CT molecular complexity index is 551. The molecule has 2 aromatic heterocycles. The molecule has 1 fully saturated rings. The quantitative estimate of drug-likeness (QED) is 0.857. The van der Waals surface area contributed by atoms with E-state index in [0.717, 1.165) is 9.21 Å². The van der Waals surface area contributed by atoms with Crippen LogP contribution in [-0.4, -0.2) is 16.2 Å². The SMILES string of the molecule is CC(Nc1nnc(CNC2CC2)o1)c1ccc(Cl)s1. The van der Waals surface area contributed by atoms with Crippen molar-refractivity contribution in [2.75, 3.05) is 5.32 Å². The topological polar surface area (TPSA) is 63.0 Å². The predicted molar refractivity (Wildman–Crippen MR) is 75.5 cm³/mol. The number of thiophene rings is 1. The summed E-state index contributed by atoms with van der Waals surface area (Å²) >= 11 is 7.46. The van der Waals surface area contributed by atoms with Crippen LogP contribution in [0.3, 0.4) is 0 Å². The van der Waals surface area contributed by atoms with Crippen LogP contribution >= 0.6 is 22.9 Å². The average molecular weight is 299 g/mol. The largest absolute Gasteiger partial charge is 0.407 e. The second-order valence-corrected chi connectivity index (χ2v) is 6.41. The van der Waals surface area contributed by atoms with Crippen LogP contribution < -0.4 is 10.6 Å². The van der Waals surface area contributed by atoms with E-state index in [1.165, 1.54) is 12.8 Å². The molecule has 0 radical (unpaired) electrons. The molecule has 7 heteroatoms. The van der Waals surface area contributed by atoms with Gasteiger partial charge in [-0.05, 0) is 31.9 Å². The van der Waals surface area contributed by atoms with Gasteiger partial charge in [-0.2, -0.15) is 0 Å². The predicted octanol–water partition coefficient (Wildman–Crippen LogP) is 3.21. The fourth-order valence-corrected chi connectivity index (χ4v) is 2.78. The summed E-state index contributed by atoms with van der Waals surface area (Å²) in [6, 6.07) is 5.07. The third kappa shape index (κ3) is 3.46. The third-order valence-electron chi connectivity index (χ3n) is 2.95. The molecule has 0 aromatic carbocycles. The van der Waals surface area contributed by atoms with Crippen LogP contribution in [0.2, 0.25) is 4.34 Å². The fourth-order valence-electron chi connectivity index (χ4n) is 1.72. The Morgan fingerprint density at radius 1 is 1.47 bits per heavy atom. The molecule has 1 aliphatic rings. The van der Waals surface area contributed by atoms with Crippen LogP contribution in [0.1, 0.15) is 36.6 Å². The number of hydrogen-bond acceptors (Lipinski definition) is 6. The van der Waals surface area contributed by atoms with Gasteiger partial charge >= 0.3 is 6.01 Å². The molecule has 0 spiro atoms. The lowest BCUT2D eigenvalue weighted by molar-refractivity contribution is 0.473. The molecule has 0 aliphatic heterocycles. The summed E-state index contributed by atoms with van der Waals surface area (Å²) in [5.74, 6) is 0.616. The van der Waals surface area contributed by atoms with E-state index in [0.29, 0.717) is 24.5 Å². The van der Waals surface area contributed by atoms with Crippen molar-refractivity contribution < 1.29 is 4.42 Å². The van der Waals surface area contributed by atoms with Crippen molar-refractivity contribution in [1.29, 1.82) is 0 Å². The summed E-state index contributed by atoms with van der Waals surface area (Å²) in [5.41, 5.74) is 0. The molecule has 2 aromatic rings. The van der Waals surface area contributed by atoms with Gasteiger partial charge in [-0.1, -0.05) is 16.7 Å². The Hall–Kier alpha value is -1.11. The first-order valence-electron chi connectivity index (χ1n) is 6.28. The number of anilines is 1. The maximum absolute atomic E-state index is 5.92. The second kappa shape index (κ2) is 5.48. The van der Waals surface area contributed by atoms with Gasteiger partial charge in [-0.3, -0.25) is 0 Å². The maximum Gasteiger partial charge on any atom is 0.316 e. The molecule has 3 rings (SSSR count). The monoisotopic (exact) mass is 298 g/mol. The molecule has 1 aliphatic carbocycles. The molecule has 1 unspecified atom stereocenters. The van der Waals surface area contributed by atoms with Gasteiger partial charge in [0.15, 0.2) is 0 Å². The molecule has 2 heterocycles. The van der Waals surface area contributed by atoms with Gasteiger partial charge in [0, 0.05) is 10.9 Å². The van der Waals surface area contributed by atoms with E-state index in [4.69, 9.17) is 16.0 Å². The first-order chi connectivity index (χ1) is 9.20. The van der Waals surface area contributed by atoms with Crippen LogP contribution in [0.25, 0.3) is 0 Å². The number of hydrogen-bond donors (Lipinski definition) is 2. The normalized spacial score (nSPS) is 16.5. The standard InChI is InChI=1S/C12H15ClN4OS/c1-7(9-4-5-10(13)19-9)15-12-17-16-11(18-12)6-14-8-2-3-8/h4-5,7-8,14H,2-3,6H2,1H3,(H,15,17). The molecule has 0 bridgehead atoms. The highest BCUT2D eigenvalue weighted by Crippen LogP contribution is 2.28. The van der Waals surface area contributed by atoms with E-state index >= 15 is 0 Å². The molecule has 19 heavy (non-hydrogen) atoms. The summed E-state index contributed by atoms with van der Waals surface area (Å²) in [5, 5.41) is 14.5. The zero-order valence-corrected chi connectivity index (χ0v) is 12.1. The highest BCUT2D eigenvalue weighted by Gasteiger charge is 2.21. The molecular weight excluding hydrogens is 284 g/mol. The zero-order chi connectivity index (χ0) is 13.2. The summed E-state index contributed by atoms with van der Waals surface area (Å²) < 4.78 is 6.32. The Kier molecular flexibility index (Phi) is 3.72. The second-order valence-electron chi connectivity index (χ2n) is 4.66. The summed E-state index contributed by atoms with van der Waals surface area (Å²) in [6.07, 6.45) is 2.49. The molecule has 0 amide bonds. The first-order valence-corrected chi connectivity index (χ1v) is 7.47. The first kappa shape index (κ1) is 12.9. The average Bonchev–Trinajstić information content (AvgIpc) is 2.95. The summed E-state index contributed by atoms with van der Waals surface area (Å²) in [7, 11) is 0. The Morgan fingerprint density at radius 2 is 2.32 bits per heavy atom. The molecule has 2 N–H and O–H groups in total. The van der Waals surface area contributed by atoms with Crippen molar-refractivity contribution in [3.8, 4) is 0 Å². The fraction of sp³-hybridized carbons (Fsp3) is 0.500. The van der Waals surface area contributed by atoms with Crippen LogP contribution in [0.15, 0.2) is 16.5 Å².